The van der Waals surface area contributed by atoms with Gasteiger partial charge in [0.2, 0.25) is 0 Å². The molecule has 4 heteroatoms. The Kier molecular flexibility index (Phi) is 3.66. The number of carbonyl (C=O) groups is 1. The van der Waals surface area contributed by atoms with Gasteiger partial charge in [0.05, 0.1) is 0 Å². The third-order valence-electron chi connectivity index (χ3n) is 1.66. The van der Waals surface area contributed by atoms with Gasteiger partial charge in [0.25, 0.3) is 0 Å². The summed E-state index contributed by atoms with van der Waals surface area (Å²) in [6.07, 6.45) is 2.06. The number of halogens is 1. The fourth-order valence-electron chi connectivity index (χ4n) is 1.14. The Morgan fingerprint density at radius 1 is 1.73 bits per heavy atom. The third-order valence-corrected chi connectivity index (χ3v) is 1.88. The SMILES string of the molecule is O=C(CCl)OC1CCCNC1. The molecule has 1 unspecified atom stereocenters. The van der Waals surface area contributed by atoms with Crippen molar-refractivity contribution in [2.45, 2.75) is 18.9 Å². The molecule has 0 aliphatic carbocycles. The van der Waals surface area contributed by atoms with E-state index in [0.29, 0.717) is 0 Å². The van der Waals surface area contributed by atoms with Crippen LogP contribution in [-0.4, -0.2) is 31.0 Å². The average molecular weight is 178 g/mol. The van der Waals surface area contributed by atoms with Gasteiger partial charge in [-0.05, 0) is 19.4 Å². The van der Waals surface area contributed by atoms with Crippen molar-refractivity contribution in [3.8, 4) is 0 Å². The fraction of sp³-hybridized carbons (Fsp3) is 0.857. The summed E-state index contributed by atoms with van der Waals surface area (Å²) >= 11 is 5.28. The summed E-state index contributed by atoms with van der Waals surface area (Å²) in [5, 5.41) is 3.14. The van der Waals surface area contributed by atoms with E-state index in [9.17, 15) is 4.79 Å². The Bertz CT molecular complexity index is 134. The molecule has 11 heavy (non-hydrogen) atoms. The van der Waals surface area contributed by atoms with Gasteiger partial charge in [0, 0.05) is 6.54 Å². The lowest BCUT2D eigenvalue weighted by Gasteiger charge is -2.22. The molecule has 0 aromatic rings. The van der Waals surface area contributed by atoms with Crippen LogP contribution in [0.15, 0.2) is 0 Å². The number of alkyl halides is 1. The summed E-state index contributed by atoms with van der Waals surface area (Å²) in [6.45, 7) is 1.79. The number of piperidine rings is 1. The molecule has 1 atom stereocenters. The molecule has 1 saturated heterocycles. The van der Waals surface area contributed by atoms with E-state index >= 15 is 0 Å². The summed E-state index contributed by atoms with van der Waals surface area (Å²) in [5.41, 5.74) is 0. The monoisotopic (exact) mass is 177 g/mol. The summed E-state index contributed by atoms with van der Waals surface area (Å²) in [4.78, 5) is 10.7. The normalized spacial score (nSPS) is 24.6. The van der Waals surface area contributed by atoms with Crippen molar-refractivity contribution in [3.05, 3.63) is 0 Å². The molecular formula is C7H12ClNO2. The Morgan fingerprint density at radius 3 is 3.09 bits per heavy atom. The molecule has 1 fully saturated rings. The fourth-order valence-corrected chi connectivity index (χ4v) is 1.20. The lowest BCUT2D eigenvalue weighted by molar-refractivity contribution is -0.146. The van der Waals surface area contributed by atoms with Gasteiger partial charge in [-0.25, -0.2) is 0 Å². The quantitative estimate of drug-likeness (QED) is 0.494. The minimum Gasteiger partial charge on any atom is -0.460 e. The van der Waals surface area contributed by atoms with Crippen LogP contribution in [0.2, 0.25) is 0 Å². The third kappa shape index (κ3) is 3.08. The topological polar surface area (TPSA) is 38.3 Å². The molecule has 0 saturated carbocycles. The summed E-state index contributed by atoms with van der Waals surface area (Å²) in [6, 6.07) is 0. The standard InChI is InChI=1S/C7H12ClNO2/c8-4-7(10)11-6-2-1-3-9-5-6/h6,9H,1-5H2. The highest BCUT2D eigenvalue weighted by atomic mass is 35.5. The molecule has 64 valence electrons. The van der Waals surface area contributed by atoms with Crippen molar-refractivity contribution in [1.82, 2.24) is 5.32 Å². The van der Waals surface area contributed by atoms with E-state index in [-0.39, 0.29) is 18.0 Å². The molecule has 1 rings (SSSR count). The number of carbonyl (C=O) groups excluding carboxylic acids is 1. The zero-order valence-electron chi connectivity index (χ0n) is 6.31. The molecule has 1 N–H and O–H groups in total. The smallest absolute Gasteiger partial charge is 0.321 e. The van der Waals surface area contributed by atoms with Crippen LogP contribution < -0.4 is 5.32 Å². The summed E-state index contributed by atoms with van der Waals surface area (Å²) in [5.74, 6) is -0.364. The Hall–Kier alpha value is -0.280. The maximum absolute atomic E-state index is 10.7. The lowest BCUT2D eigenvalue weighted by atomic mass is 10.1. The first kappa shape index (κ1) is 8.81. The Labute approximate surface area is 71.1 Å². The van der Waals surface area contributed by atoms with E-state index in [2.05, 4.69) is 5.32 Å². The second kappa shape index (κ2) is 4.57. The first-order chi connectivity index (χ1) is 5.33. The number of rotatable bonds is 2. The van der Waals surface area contributed by atoms with Crippen LogP contribution in [0.3, 0.4) is 0 Å². The van der Waals surface area contributed by atoms with Crippen molar-refractivity contribution in [3.63, 3.8) is 0 Å². The predicted molar refractivity (Wildman–Crippen MR) is 42.7 cm³/mol. The van der Waals surface area contributed by atoms with E-state index in [1.165, 1.54) is 0 Å². The Balaban J connectivity index is 2.19. The number of ether oxygens (including phenoxy) is 1. The van der Waals surface area contributed by atoms with E-state index in [1.807, 2.05) is 0 Å². The maximum atomic E-state index is 10.7. The molecule has 0 bridgehead atoms. The van der Waals surface area contributed by atoms with Gasteiger partial charge >= 0.3 is 5.97 Å². The van der Waals surface area contributed by atoms with Gasteiger partial charge < -0.3 is 10.1 Å². The molecule has 1 aliphatic rings. The lowest BCUT2D eigenvalue weighted by Crippen LogP contribution is -2.36. The molecule has 0 aromatic carbocycles. The average Bonchev–Trinajstić information content (AvgIpc) is 2.06. The van der Waals surface area contributed by atoms with Crippen LogP contribution in [0.25, 0.3) is 0 Å². The second-order valence-electron chi connectivity index (χ2n) is 2.59. The molecule has 1 heterocycles. The predicted octanol–water partition coefficient (Wildman–Crippen LogP) is 0.520. The van der Waals surface area contributed by atoms with Crippen LogP contribution in [-0.2, 0) is 9.53 Å². The van der Waals surface area contributed by atoms with E-state index in [0.717, 1.165) is 25.9 Å². The van der Waals surface area contributed by atoms with Crippen molar-refractivity contribution in [2.75, 3.05) is 19.0 Å². The first-order valence-corrected chi connectivity index (χ1v) is 4.32. The molecule has 0 amide bonds. The largest absolute Gasteiger partial charge is 0.460 e. The zero-order valence-corrected chi connectivity index (χ0v) is 7.06. The highest BCUT2D eigenvalue weighted by Gasteiger charge is 2.16. The Morgan fingerprint density at radius 2 is 2.55 bits per heavy atom. The van der Waals surface area contributed by atoms with Gasteiger partial charge in [-0.2, -0.15) is 0 Å². The molecule has 0 spiro atoms. The molecule has 3 nitrogen and oxygen atoms in total. The van der Waals surface area contributed by atoms with Crippen LogP contribution >= 0.6 is 11.6 Å². The van der Waals surface area contributed by atoms with E-state index < -0.39 is 0 Å². The van der Waals surface area contributed by atoms with Crippen molar-refractivity contribution in [2.24, 2.45) is 0 Å². The zero-order chi connectivity index (χ0) is 8.10. The van der Waals surface area contributed by atoms with Gasteiger partial charge in [-0.3, -0.25) is 4.79 Å². The van der Waals surface area contributed by atoms with Crippen LogP contribution in [0, 0.1) is 0 Å². The summed E-state index contributed by atoms with van der Waals surface area (Å²) < 4.78 is 5.01. The maximum Gasteiger partial charge on any atom is 0.321 e. The van der Waals surface area contributed by atoms with E-state index in [1.54, 1.807) is 0 Å². The first-order valence-electron chi connectivity index (χ1n) is 3.79. The number of esters is 1. The minimum atomic E-state index is -0.319. The van der Waals surface area contributed by atoms with E-state index in [4.69, 9.17) is 16.3 Å². The summed E-state index contributed by atoms with van der Waals surface area (Å²) in [7, 11) is 0. The number of hydrogen-bond acceptors (Lipinski definition) is 3. The second-order valence-corrected chi connectivity index (χ2v) is 2.86. The molecule has 0 radical (unpaired) electrons. The highest BCUT2D eigenvalue weighted by molar-refractivity contribution is 6.26. The molecule has 0 aromatic heterocycles. The minimum absolute atomic E-state index is 0.0370. The molecule has 1 aliphatic heterocycles. The van der Waals surface area contributed by atoms with Gasteiger partial charge in [0.15, 0.2) is 0 Å². The van der Waals surface area contributed by atoms with Crippen molar-refractivity contribution >= 4 is 17.6 Å². The number of hydrogen-bond donors (Lipinski definition) is 1. The van der Waals surface area contributed by atoms with Crippen molar-refractivity contribution in [1.29, 1.82) is 0 Å². The number of nitrogens with one attached hydrogen (secondary N) is 1. The highest BCUT2D eigenvalue weighted by Crippen LogP contribution is 2.06. The van der Waals surface area contributed by atoms with Gasteiger partial charge in [-0.1, -0.05) is 0 Å². The van der Waals surface area contributed by atoms with Crippen LogP contribution in [0.4, 0.5) is 0 Å². The van der Waals surface area contributed by atoms with Crippen LogP contribution in [0.5, 0.6) is 0 Å². The van der Waals surface area contributed by atoms with Gasteiger partial charge in [0.1, 0.15) is 12.0 Å². The van der Waals surface area contributed by atoms with Gasteiger partial charge in [-0.15, -0.1) is 11.6 Å². The molecular weight excluding hydrogens is 166 g/mol. The van der Waals surface area contributed by atoms with Crippen molar-refractivity contribution < 1.29 is 9.53 Å². The van der Waals surface area contributed by atoms with Crippen LogP contribution in [0.1, 0.15) is 12.8 Å².